The Balaban J connectivity index is 1.22. The first-order valence-electron chi connectivity index (χ1n) is 12.6. The maximum atomic E-state index is 5.85. The Morgan fingerprint density at radius 3 is 2.23 bits per heavy atom. The Hall–Kier alpha value is -3.70. The van der Waals surface area contributed by atoms with Crippen LogP contribution in [0.4, 0.5) is 0 Å². The molecule has 5 nitrogen and oxygen atoms in total. The number of para-hydroxylation sites is 2. The molecule has 0 atom stereocenters. The van der Waals surface area contributed by atoms with Crippen molar-refractivity contribution in [2.75, 3.05) is 13.1 Å². The molecular formula is C30H30N4O. The molecule has 176 valence electrons. The molecule has 6 rings (SSSR count). The SMILES string of the molecule is c1ccc(-c2nc3ccccc3n2Cc2ccc(-c3nc(CN4CCCCCC4)co3)cc2)cc1. The molecule has 0 unspecified atom stereocenters. The van der Waals surface area contributed by atoms with Crippen LogP contribution in [0.2, 0.25) is 0 Å². The van der Waals surface area contributed by atoms with Gasteiger partial charge in [-0.1, -0.05) is 67.4 Å². The van der Waals surface area contributed by atoms with E-state index in [1.165, 1.54) is 31.2 Å². The van der Waals surface area contributed by atoms with E-state index in [0.717, 1.165) is 59.9 Å². The van der Waals surface area contributed by atoms with Crippen molar-refractivity contribution in [3.63, 3.8) is 0 Å². The van der Waals surface area contributed by atoms with Crippen LogP contribution in [-0.2, 0) is 13.1 Å². The first kappa shape index (κ1) is 21.8. The molecule has 0 aliphatic carbocycles. The highest BCUT2D eigenvalue weighted by Gasteiger charge is 2.15. The average molecular weight is 463 g/mol. The zero-order valence-electron chi connectivity index (χ0n) is 19.9. The number of rotatable bonds is 6. The van der Waals surface area contributed by atoms with E-state index in [4.69, 9.17) is 14.4 Å². The molecule has 3 heterocycles. The van der Waals surface area contributed by atoms with E-state index in [9.17, 15) is 0 Å². The Labute approximate surface area is 206 Å². The van der Waals surface area contributed by atoms with Crippen LogP contribution in [0, 0.1) is 0 Å². The lowest BCUT2D eigenvalue weighted by atomic mass is 10.1. The number of fused-ring (bicyclic) bond motifs is 1. The molecule has 0 radical (unpaired) electrons. The van der Waals surface area contributed by atoms with Crippen LogP contribution < -0.4 is 0 Å². The van der Waals surface area contributed by atoms with Crippen LogP contribution in [-0.4, -0.2) is 32.5 Å². The van der Waals surface area contributed by atoms with Gasteiger partial charge >= 0.3 is 0 Å². The number of imidazole rings is 1. The van der Waals surface area contributed by atoms with Crippen molar-refractivity contribution < 1.29 is 4.42 Å². The second-order valence-electron chi connectivity index (χ2n) is 9.41. The summed E-state index contributed by atoms with van der Waals surface area (Å²) in [6, 6.07) is 27.3. The smallest absolute Gasteiger partial charge is 0.226 e. The Bertz CT molecular complexity index is 1390. The van der Waals surface area contributed by atoms with Gasteiger partial charge < -0.3 is 8.98 Å². The number of aromatic nitrogens is 3. The summed E-state index contributed by atoms with van der Waals surface area (Å²) in [6.45, 7) is 3.93. The van der Waals surface area contributed by atoms with Crippen LogP contribution in [0.3, 0.4) is 0 Å². The van der Waals surface area contributed by atoms with E-state index in [1.807, 2.05) is 18.4 Å². The van der Waals surface area contributed by atoms with Gasteiger partial charge in [0, 0.05) is 24.2 Å². The molecule has 0 amide bonds. The summed E-state index contributed by atoms with van der Waals surface area (Å²) in [4.78, 5) is 12.2. The molecule has 1 fully saturated rings. The molecule has 1 aliphatic rings. The fourth-order valence-electron chi connectivity index (χ4n) is 5.01. The lowest BCUT2D eigenvalue weighted by Crippen LogP contribution is -2.24. The van der Waals surface area contributed by atoms with Crippen molar-refractivity contribution in [2.24, 2.45) is 0 Å². The maximum absolute atomic E-state index is 5.85. The molecular weight excluding hydrogens is 432 g/mol. The molecule has 0 N–H and O–H groups in total. The number of likely N-dealkylation sites (tertiary alicyclic amines) is 1. The van der Waals surface area contributed by atoms with Gasteiger partial charge in [0.15, 0.2) is 0 Å². The predicted octanol–water partition coefficient (Wildman–Crippen LogP) is 6.78. The topological polar surface area (TPSA) is 47.1 Å². The monoisotopic (exact) mass is 462 g/mol. The molecule has 0 bridgehead atoms. The van der Waals surface area contributed by atoms with Crippen molar-refractivity contribution in [3.05, 3.63) is 96.4 Å². The minimum atomic E-state index is 0.694. The summed E-state index contributed by atoms with van der Waals surface area (Å²) in [5.74, 6) is 1.68. The fourth-order valence-corrected chi connectivity index (χ4v) is 5.01. The summed E-state index contributed by atoms with van der Waals surface area (Å²) < 4.78 is 8.15. The summed E-state index contributed by atoms with van der Waals surface area (Å²) in [6.07, 6.45) is 7.07. The third-order valence-electron chi connectivity index (χ3n) is 6.86. The van der Waals surface area contributed by atoms with Gasteiger partial charge in [-0.05, 0) is 55.8 Å². The highest BCUT2D eigenvalue weighted by molar-refractivity contribution is 5.80. The molecule has 1 aliphatic heterocycles. The lowest BCUT2D eigenvalue weighted by molar-refractivity contribution is 0.273. The normalized spacial score (nSPS) is 14.9. The highest BCUT2D eigenvalue weighted by Crippen LogP contribution is 2.27. The van der Waals surface area contributed by atoms with Gasteiger partial charge in [0.05, 0.1) is 16.7 Å². The first-order chi connectivity index (χ1) is 17.3. The Morgan fingerprint density at radius 1 is 0.686 bits per heavy atom. The van der Waals surface area contributed by atoms with Gasteiger partial charge in [-0.15, -0.1) is 0 Å². The first-order valence-corrected chi connectivity index (χ1v) is 12.6. The molecule has 5 heteroatoms. The van der Waals surface area contributed by atoms with Gasteiger partial charge in [0.25, 0.3) is 0 Å². The van der Waals surface area contributed by atoms with Crippen LogP contribution in [0.15, 0.2) is 89.5 Å². The highest BCUT2D eigenvalue weighted by atomic mass is 16.3. The van der Waals surface area contributed by atoms with E-state index in [-0.39, 0.29) is 0 Å². The molecule has 1 saturated heterocycles. The van der Waals surface area contributed by atoms with Gasteiger partial charge in [-0.25, -0.2) is 9.97 Å². The number of hydrogen-bond donors (Lipinski definition) is 0. The maximum Gasteiger partial charge on any atom is 0.226 e. The number of hydrogen-bond acceptors (Lipinski definition) is 4. The molecule has 0 saturated carbocycles. The summed E-state index contributed by atoms with van der Waals surface area (Å²) in [5.41, 5.74) is 6.52. The summed E-state index contributed by atoms with van der Waals surface area (Å²) in [7, 11) is 0. The largest absolute Gasteiger partial charge is 0.444 e. The molecule has 3 aromatic carbocycles. The van der Waals surface area contributed by atoms with E-state index < -0.39 is 0 Å². The number of benzene rings is 3. The molecule has 5 aromatic rings. The molecule has 2 aromatic heterocycles. The molecule has 35 heavy (non-hydrogen) atoms. The zero-order valence-corrected chi connectivity index (χ0v) is 19.9. The van der Waals surface area contributed by atoms with Crippen molar-refractivity contribution in [2.45, 2.75) is 38.8 Å². The van der Waals surface area contributed by atoms with Crippen LogP contribution in [0.25, 0.3) is 33.9 Å². The second-order valence-corrected chi connectivity index (χ2v) is 9.41. The minimum absolute atomic E-state index is 0.694. The van der Waals surface area contributed by atoms with Crippen molar-refractivity contribution in [1.29, 1.82) is 0 Å². The van der Waals surface area contributed by atoms with Crippen LogP contribution in [0.5, 0.6) is 0 Å². The third-order valence-corrected chi connectivity index (χ3v) is 6.86. The van der Waals surface area contributed by atoms with Gasteiger partial charge in [-0.2, -0.15) is 0 Å². The van der Waals surface area contributed by atoms with Gasteiger partial charge in [0.2, 0.25) is 5.89 Å². The third kappa shape index (κ3) is 4.77. The zero-order chi connectivity index (χ0) is 23.5. The van der Waals surface area contributed by atoms with E-state index >= 15 is 0 Å². The predicted molar refractivity (Wildman–Crippen MR) is 140 cm³/mol. The lowest BCUT2D eigenvalue weighted by Gasteiger charge is -2.17. The summed E-state index contributed by atoms with van der Waals surface area (Å²) >= 11 is 0. The minimum Gasteiger partial charge on any atom is -0.444 e. The second kappa shape index (κ2) is 9.88. The van der Waals surface area contributed by atoms with Crippen molar-refractivity contribution in [3.8, 4) is 22.8 Å². The number of oxazole rings is 1. The van der Waals surface area contributed by atoms with Crippen LogP contribution >= 0.6 is 0 Å². The van der Waals surface area contributed by atoms with Gasteiger partial charge in [-0.3, -0.25) is 4.90 Å². The number of nitrogens with zero attached hydrogens (tertiary/aromatic N) is 4. The fraction of sp³-hybridized carbons (Fsp3) is 0.267. The van der Waals surface area contributed by atoms with Gasteiger partial charge in [0.1, 0.15) is 12.1 Å². The quantitative estimate of drug-likeness (QED) is 0.279. The van der Waals surface area contributed by atoms with E-state index in [2.05, 4.69) is 76.2 Å². The summed E-state index contributed by atoms with van der Waals surface area (Å²) in [5, 5.41) is 0. The van der Waals surface area contributed by atoms with Crippen molar-refractivity contribution >= 4 is 11.0 Å². The van der Waals surface area contributed by atoms with Crippen molar-refractivity contribution in [1.82, 2.24) is 19.4 Å². The molecule has 0 spiro atoms. The standard InChI is InChI=1S/C30H30N4O/c1-2-9-19-33(18-8-1)21-26-22-35-30(31-26)25-16-14-23(15-17-25)20-34-28-13-7-6-12-27(28)32-29(34)24-10-4-3-5-11-24/h3-7,10-17,22H,1-2,8-9,18-21H2. The Morgan fingerprint density at radius 2 is 1.43 bits per heavy atom. The van der Waals surface area contributed by atoms with E-state index in [1.54, 1.807) is 0 Å². The average Bonchev–Trinajstić information content (AvgIpc) is 3.42. The van der Waals surface area contributed by atoms with E-state index in [0.29, 0.717) is 5.89 Å². The Kier molecular flexibility index (Phi) is 6.16. The van der Waals surface area contributed by atoms with Crippen LogP contribution in [0.1, 0.15) is 36.9 Å².